The molecule has 0 saturated carbocycles. The lowest BCUT2D eigenvalue weighted by Gasteiger charge is -2.08. The second-order valence-corrected chi connectivity index (χ2v) is 5.09. The van der Waals surface area contributed by atoms with Crippen molar-refractivity contribution in [2.75, 3.05) is 0 Å². The fourth-order valence-corrected chi connectivity index (χ4v) is 2.49. The molecule has 3 nitrogen and oxygen atoms in total. The normalized spacial score (nSPS) is 20.1. The number of ether oxygens (including phenoxy) is 1. The Hall–Kier alpha value is -0.870. The van der Waals surface area contributed by atoms with Gasteiger partial charge in [0.2, 0.25) is 0 Å². The number of fused-ring (bicyclic) bond motifs is 1. The van der Waals surface area contributed by atoms with Crippen LogP contribution in [-0.4, -0.2) is 17.9 Å². The van der Waals surface area contributed by atoms with Gasteiger partial charge in [-0.15, -0.1) is 0 Å². The molecule has 1 aliphatic heterocycles. The molecule has 0 spiro atoms. The van der Waals surface area contributed by atoms with E-state index in [1.165, 1.54) is 0 Å². The molecule has 0 radical (unpaired) electrons. The Bertz CT molecular complexity index is 443. The number of Topliss-reactive ketones (excluding diaryl/α,β-unsaturated/α-hetero) is 1. The lowest BCUT2D eigenvalue weighted by molar-refractivity contribution is 0.0968. The molecule has 1 aliphatic rings. The highest BCUT2D eigenvalue weighted by atomic mass is 79.9. The Morgan fingerprint density at radius 1 is 1.62 bits per heavy atom. The zero-order chi connectivity index (χ0) is 11.9. The minimum absolute atomic E-state index is 0.0388. The average Bonchev–Trinajstić information content (AvgIpc) is 2.57. The van der Waals surface area contributed by atoms with Crippen molar-refractivity contribution in [3.63, 3.8) is 0 Å². The van der Waals surface area contributed by atoms with Crippen molar-refractivity contribution in [3.05, 3.63) is 27.7 Å². The predicted molar refractivity (Wildman–Crippen MR) is 65.9 cm³/mol. The summed E-state index contributed by atoms with van der Waals surface area (Å²) in [5, 5.41) is 0. The number of hydrogen-bond acceptors (Lipinski definition) is 3. The Kier molecular flexibility index (Phi) is 3.04. The van der Waals surface area contributed by atoms with E-state index in [0.29, 0.717) is 5.56 Å². The first-order valence-corrected chi connectivity index (χ1v) is 6.07. The van der Waals surface area contributed by atoms with Gasteiger partial charge in [-0.1, -0.05) is 0 Å². The molecule has 0 fully saturated rings. The van der Waals surface area contributed by atoms with Crippen LogP contribution in [0.3, 0.4) is 0 Å². The number of carbonyl (C=O) groups excluding carboxylic acids is 1. The number of halogens is 1. The molecule has 2 atom stereocenters. The summed E-state index contributed by atoms with van der Waals surface area (Å²) in [6.45, 7) is 3.71. The molecule has 0 bridgehead atoms. The summed E-state index contributed by atoms with van der Waals surface area (Å²) in [4.78, 5) is 11.8. The SMILES string of the molecule is CC1Cc2cc(C(=O)C(C)N)cc(Br)c2O1. The average molecular weight is 284 g/mol. The van der Waals surface area contributed by atoms with Gasteiger partial charge in [0.25, 0.3) is 0 Å². The summed E-state index contributed by atoms with van der Waals surface area (Å²) in [5.74, 6) is 0.816. The van der Waals surface area contributed by atoms with Crippen LogP contribution < -0.4 is 10.5 Å². The molecule has 4 heteroatoms. The van der Waals surface area contributed by atoms with E-state index in [2.05, 4.69) is 15.9 Å². The summed E-state index contributed by atoms with van der Waals surface area (Å²) >= 11 is 3.43. The maximum absolute atomic E-state index is 11.8. The summed E-state index contributed by atoms with van der Waals surface area (Å²) in [7, 11) is 0. The van der Waals surface area contributed by atoms with Crippen LogP contribution in [0.2, 0.25) is 0 Å². The van der Waals surface area contributed by atoms with E-state index in [0.717, 1.165) is 22.2 Å². The topological polar surface area (TPSA) is 52.3 Å². The summed E-state index contributed by atoms with van der Waals surface area (Å²) in [6.07, 6.45) is 1.01. The fourth-order valence-electron chi connectivity index (χ4n) is 1.89. The highest BCUT2D eigenvalue weighted by Crippen LogP contribution is 2.37. The van der Waals surface area contributed by atoms with Gasteiger partial charge < -0.3 is 10.5 Å². The van der Waals surface area contributed by atoms with Crippen LogP contribution in [0.15, 0.2) is 16.6 Å². The van der Waals surface area contributed by atoms with E-state index in [1.807, 2.05) is 13.0 Å². The van der Waals surface area contributed by atoms with Gasteiger partial charge in [-0.2, -0.15) is 0 Å². The van der Waals surface area contributed by atoms with Crippen molar-refractivity contribution in [2.24, 2.45) is 5.73 Å². The largest absolute Gasteiger partial charge is 0.489 e. The molecule has 1 aromatic carbocycles. The van der Waals surface area contributed by atoms with Gasteiger partial charge in [0, 0.05) is 12.0 Å². The molecule has 86 valence electrons. The molecule has 0 aromatic heterocycles. The van der Waals surface area contributed by atoms with E-state index in [9.17, 15) is 4.79 Å². The van der Waals surface area contributed by atoms with Crippen LogP contribution in [0.1, 0.15) is 29.8 Å². The molecule has 16 heavy (non-hydrogen) atoms. The van der Waals surface area contributed by atoms with Gasteiger partial charge in [0.1, 0.15) is 11.9 Å². The van der Waals surface area contributed by atoms with E-state index < -0.39 is 6.04 Å². The fraction of sp³-hybridized carbons (Fsp3) is 0.417. The highest BCUT2D eigenvalue weighted by molar-refractivity contribution is 9.10. The number of benzene rings is 1. The molecule has 1 aromatic rings. The van der Waals surface area contributed by atoms with Crippen LogP contribution in [0.25, 0.3) is 0 Å². The number of ketones is 1. The Balaban J connectivity index is 2.42. The number of hydrogen-bond donors (Lipinski definition) is 1. The van der Waals surface area contributed by atoms with E-state index >= 15 is 0 Å². The van der Waals surface area contributed by atoms with Crippen molar-refractivity contribution < 1.29 is 9.53 Å². The summed E-state index contributed by atoms with van der Waals surface area (Å²) < 4.78 is 6.48. The van der Waals surface area contributed by atoms with Crippen molar-refractivity contribution >= 4 is 21.7 Å². The number of rotatable bonds is 2. The lowest BCUT2D eigenvalue weighted by atomic mass is 10.0. The molecule has 2 unspecified atom stereocenters. The molecule has 0 saturated heterocycles. The van der Waals surface area contributed by atoms with Crippen molar-refractivity contribution in [1.29, 1.82) is 0 Å². The van der Waals surface area contributed by atoms with Gasteiger partial charge in [0.05, 0.1) is 10.5 Å². The predicted octanol–water partition coefficient (Wildman–Crippen LogP) is 2.30. The minimum Gasteiger partial charge on any atom is -0.489 e. The van der Waals surface area contributed by atoms with Crippen LogP contribution >= 0.6 is 15.9 Å². The molecule has 0 aliphatic carbocycles. The Morgan fingerprint density at radius 3 is 2.94 bits per heavy atom. The zero-order valence-corrected chi connectivity index (χ0v) is 10.9. The van der Waals surface area contributed by atoms with Gasteiger partial charge in [-0.05, 0) is 47.5 Å². The smallest absolute Gasteiger partial charge is 0.179 e. The third-order valence-corrected chi connectivity index (χ3v) is 3.23. The molecule has 0 amide bonds. The van der Waals surface area contributed by atoms with Crippen LogP contribution in [0.4, 0.5) is 0 Å². The number of carbonyl (C=O) groups is 1. The first-order chi connectivity index (χ1) is 7.49. The molecule has 1 heterocycles. The van der Waals surface area contributed by atoms with Crippen molar-refractivity contribution in [1.82, 2.24) is 0 Å². The molecular formula is C12H14BrNO2. The van der Waals surface area contributed by atoms with E-state index in [4.69, 9.17) is 10.5 Å². The van der Waals surface area contributed by atoms with Crippen LogP contribution in [0, 0.1) is 0 Å². The first-order valence-electron chi connectivity index (χ1n) is 5.28. The lowest BCUT2D eigenvalue weighted by Crippen LogP contribution is -2.26. The standard InChI is InChI=1S/C12H14BrNO2/c1-6-3-9-4-8(11(15)7(2)14)5-10(13)12(9)16-6/h4-7H,3,14H2,1-2H3. The van der Waals surface area contributed by atoms with Crippen LogP contribution in [-0.2, 0) is 6.42 Å². The molecule has 2 N–H and O–H groups in total. The van der Waals surface area contributed by atoms with E-state index in [-0.39, 0.29) is 11.9 Å². The number of nitrogens with two attached hydrogens (primary N) is 1. The summed E-state index contributed by atoms with van der Waals surface area (Å²) in [6, 6.07) is 3.20. The van der Waals surface area contributed by atoms with Crippen LogP contribution in [0.5, 0.6) is 5.75 Å². The van der Waals surface area contributed by atoms with Gasteiger partial charge in [-0.3, -0.25) is 4.79 Å². The van der Waals surface area contributed by atoms with Gasteiger partial charge in [-0.25, -0.2) is 0 Å². The second-order valence-electron chi connectivity index (χ2n) is 4.23. The van der Waals surface area contributed by atoms with E-state index in [1.54, 1.807) is 13.0 Å². The zero-order valence-electron chi connectivity index (χ0n) is 9.29. The molecule has 2 rings (SSSR count). The van der Waals surface area contributed by atoms with Gasteiger partial charge in [0.15, 0.2) is 5.78 Å². The second kappa shape index (κ2) is 4.18. The Morgan fingerprint density at radius 2 is 2.31 bits per heavy atom. The monoisotopic (exact) mass is 283 g/mol. The van der Waals surface area contributed by atoms with Crippen molar-refractivity contribution in [2.45, 2.75) is 32.4 Å². The first kappa shape index (κ1) is 11.6. The third kappa shape index (κ3) is 1.99. The minimum atomic E-state index is -0.468. The highest BCUT2D eigenvalue weighted by Gasteiger charge is 2.24. The van der Waals surface area contributed by atoms with Crippen molar-refractivity contribution in [3.8, 4) is 5.75 Å². The Labute approximate surface area is 103 Å². The third-order valence-electron chi connectivity index (χ3n) is 2.65. The molecular weight excluding hydrogens is 270 g/mol. The summed E-state index contributed by atoms with van der Waals surface area (Å²) in [5.41, 5.74) is 7.32. The maximum Gasteiger partial charge on any atom is 0.179 e. The maximum atomic E-state index is 11.8. The quantitative estimate of drug-likeness (QED) is 0.848. The van der Waals surface area contributed by atoms with Gasteiger partial charge >= 0.3 is 0 Å².